The summed E-state index contributed by atoms with van der Waals surface area (Å²) in [6, 6.07) is 17.5. The topological polar surface area (TPSA) is 12.9 Å². The molecule has 0 atom stereocenters. The molecule has 0 amide bonds. The molecule has 3 aromatic rings. The summed E-state index contributed by atoms with van der Waals surface area (Å²) in [6.45, 7) is 2.17. The average Bonchev–Trinajstić information content (AvgIpc) is 3.10. The number of fused-ring (bicyclic) bond motifs is 1. The van der Waals surface area contributed by atoms with Crippen molar-refractivity contribution in [2.45, 2.75) is 38.5 Å². The summed E-state index contributed by atoms with van der Waals surface area (Å²) in [5, 5.41) is 2.63. The summed E-state index contributed by atoms with van der Waals surface area (Å²) in [6.07, 6.45) is 7.48. The van der Waals surface area contributed by atoms with E-state index in [0.717, 1.165) is 11.6 Å². The maximum absolute atomic E-state index is 4.70. The van der Waals surface area contributed by atoms with Crippen molar-refractivity contribution in [1.82, 2.24) is 4.98 Å². The smallest absolute Gasteiger partial charge is 0.0780 e. The van der Waals surface area contributed by atoms with Gasteiger partial charge in [0, 0.05) is 17.1 Å². The standard InChI is InChI=1S/C21H21N/c1-15-14-22-21(17-9-3-2-4-10-17)19-12-11-18(13-20(15)19)16-7-5-6-8-16/h2-4,9-14,16H,5-8H2,1H3. The van der Waals surface area contributed by atoms with Gasteiger partial charge in [0.2, 0.25) is 0 Å². The third kappa shape index (κ3) is 2.31. The van der Waals surface area contributed by atoms with Gasteiger partial charge in [-0.15, -0.1) is 0 Å². The van der Waals surface area contributed by atoms with Crippen molar-refractivity contribution in [2.24, 2.45) is 0 Å². The lowest BCUT2D eigenvalue weighted by Gasteiger charge is -2.14. The molecular formula is C21H21N. The first-order valence-corrected chi connectivity index (χ1v) is 8.27. The zero-order chi connectivity index (χ0) is 14.9. The second kappa shape index (κ2) is 5.57. The lowest BCUT2D eigenvalue weighted by molar-refractivity contribution is 0.724. The number of hydrogen-bond acceptors (Lipinski definition) is 1. The molecule has 1 nitrogen and oxygen atoms in total. The van der Waals surface area contributed by atoms with Gasteiger partial charge in [-0.2, -0.15) is 0 Å². The Morgan fingerprint density at radius 2 is 1.68 bits per heavy atom. The molecule has 1 heteroatoms. The highest BCUT2D eigenvalue weighted by Crippen LogP contribution is 2.37. The third-order valence-electron chi connectivity index (χ3n) is 4.98. The number of aromatic nitrogens is 1. The molecule has 0 N–H and O–H groups in total. The molecule has 0 radical (unpaired) electrons. The van der Waals surface area contributed by atoms with E-state index in [1.807, 2.05) is 6.20 Å². The van der Waals surface area contributed by atoms with Gasteiger partial charge < -0.3 is 0 Å². The fourth-order valence-corrected chi connectivity index (χ4v) is 3.73. The van der Waals surface area contributed by atoms with E-state index in [1.165, 1.54) is 53.1 Å². The molecule has 1 saturated carbocycles. The third-order valence-corrected chi connectivity index (χ3v) is 4.98. The molecule has 1 aliphatic rings. The molecule has 2 aromatic carbocycles. The van der Waals surface area contributed by atoms with Crippen LogP contribution in [0.1, 0.15) is 42.7 Å². The summed E-state index contributed by atoms with van der Waals surface area (Å²) in [4.78, 5) is 4.70. The quantitative estimate of drug-likeness (QED) is 0.574. The zero-order valence-corrected chi connectivity index (χ0v) is 13.0. The Morgan fingerprint density at radius 3 is 2.45 bits per heavy atom. The Morgan fingerprint density at radius 1 is 0.909 bits per heavy atom. The van der Waals surface area contributed by atoms with Crippen LogP contribution in [0.3, 0.4) is 0 Å². The Hall–Kier alpha value is -2.15. The summed E-state index contributed by atoms with van der Waals surface area (Å²) in [5.74, 6) is 0.761. The van der Waals surface area contributed by atoms with Crippen molar-refractivity contribution in [3.8, 4) is 11.3 Å². The van der Waals surface area contributed by atoms with Crippen molar-refractivity contribution in [3.63, 3.8) is 0 Å². The fraction of sp³-hybridized carbons (Fsp3) is 0.286. The largest absolute Gasteiger partial charge is 0.255 e. The van der Waals surface area contributed by atoms with Crippen LogP contribution in [0, 0.1) is 6.92 Å². The Labute approximate surface area is 132 Å². The van der Waals surface area contributed by atoms with E-state index in [-0.39, 0.29) is 0 Å². The maximum atomic E-state index is 4.70. The van der Waals surface area contributed by atoms with Crippen molar-refractivity contribution in [3.05, 3.63) is 65.9 Å². The Balaban J connectivity index is 1.88. The summed E-state index contributed by atoms with van der Waals surface area (Å²) in [7, 11) is 0. The fourth-order valence-electron chi connectivity index (χ4n) is 3.73. The monoisotopic (exact) mass is 287 g/mol. The molecule has 0 spiro atoms. The average molecular weight is 287 g/mol. The van der Waals surface area contributed by atoms with Crippen LogP contribution in [0.15, 0.2) is 54.7 Å². The lowest BCUT2D eigenvalue weighted by atomic mass is 9.93. The number of hydrogen-bond donors (Lipinski definition) is 0. The van der Waals surface area contributed by atoms with E-state index in [2.05, 4.69) is 55.5 Å². The van der Waals surface area contributed by atoms with E-state index in [4.69, 9.17) is 4.98 Å². The van der Waals surface area contributed by atoms with E-state index in [9.17, 15) is 0 Å². The summed E-state index contributed by atoms with van der Waals surface area (Å²) < 4.78 is 0. The maximum Gasteiger partial charge on any atom is 0.0780 e. The van der Waals surface area contributed by atoms with Gasteiger partial charge in [-0.1, -0.05) is 61.4 Å². The van der Waals surface area contributed by atoms with E-state index in [0.29, 0.717) is 0 Å². The molecule has 0 aliphatic heterocycles. The van der Waals surface area contributed by atoms with Gasteiger partial charge in [-0.05, 0) is 42.2 Å². The van der Waals surface area contributed by atoms with Crippen LogP contribution in [0.2, 0.25) is 0 Å². The highest BCUT2D eigenvalue weighted by atomic mass is 14.7. The van der Waals surface area contributed by atoms with Crippen molar-refractivity contribution in [2.75, 3.05) is 0 Å². The van der Waals surface area contributed by atoms with Crippen LogP contribution < -0.4 is 0 Å². The number of pyridine rings is 1. The first-order valence-electron chi connectivity index (χ1n) is 8.27. The minimum atomic E-state index is 0.761. The number of benzene rings is 2. The van der Waals surface area contributed by atoms with E-state index < -0.39 is 0 Å². The first kappa shape index (κ1) is 13.5. The van der Waals surface area contributed by atoms with Crippen LogP contribution in [0.25, 0.3) is 22.0 Å². The van der Waals surface area contributed by atoms with Gasteiger partial charge in [0.1, 0.15) is 0 Å². The van der Waals surface area contributed by atoms with Crippen molar-refractivity contribution in [1.29, 1.82) is 0 Å². The zero-order valence-electron chi connectivity index (χ0n) is 13.0. The Kier molecular flexibility index (Phi) is 3.42. The van der Waals surface area contributed by atoms with Crippen LogP contribution in [-0.2, 0) is 0 Å². The van der Waals surface area contributed by atoms with Gasteiger partial charge in [-0.3, -0.25) is 4.98 Å². The van der Waals surface area contributed by atoms with E-state index >= 15 is 0 Å². The second-order valence-electron chi connectivity index (χ2n) is 6.44. The molecular weight excluding hydrogens is 266 g/mol. The van der Waals surface area contributed by atoms with Gasteiger partial charge in [-0.25, -0.2) is 0 Å². The van der Waals surface area contributed by atoms with E-state index in [1.54, 1.807) is 0 Å². The molecule has 0 unspecified atom stereocenters. The van der Waals surface area contributed by atoms with Gasteiger partial charge in [0.05, 0.1) is 5.69 Å². The Bertz CT molecular complexity index is 799. The minimum absolute atomic E-state index is 0.761. The van der Waals surface area contributed by atoms with Crippen LogP contribution in [0.5, 0.6) is 0 Å². The molecule has 0 saturated heterocycles. The van der Waals surface area contributed by atoms with Crippen LogP contribution in [0.4, 0.5) is 0 Å². The highest BCUT2D eigenvalue weighted by molar-refractivity contribution is 5.96. The number of nitrogens with zero attached hydrogens (tertiary/aromatic N) is 1. The summed E-state index contributed by atoms with van der Waals surface area (Å²) in [5.41, 5.74) is 5.08. The normalized spacial score (nSPS) is 15.5. The predicted molar refractivity (Wildman–Crippen MR) is 93.1 cm³/mol. The molecule has 1 aromatic heterocycles. The van der Waals surface area contributed by atoms with Crippen molar-refractivity contribution < 1.29 is 0 Å². The molecule has 1 heterocycles. The molecule has 1 aliphatic carbocycles. The number of aryl methyl sites for hydroxylation is 1. The van der Waals surface area contributed by atoms with Gasteiger partial charge in [0.25, 0.3) is 0 Å². The lowest BCUT2D eigenvalue weighted by Crippen LogP contribution is -1.94. The van der Waals surface area contributed by atoms with Crippen LogP contribution in [-0.4, -0.2) is 4.98 Å². The molecule has 4 rings (SSSR count). The SMILES string of the molecule is Cc1cnc(-c2ccccc2)c2ccc(C3CCCC3)cc12. The van der Waals surface area contributed by atoms with Crippen LogP contribution >= 0.6 is 0 Å². The summed E-state index contributed by atoms with van der Waals surface area (Å²) >= 11 is 0. The first-order chi connectivity index (χ1) is 10.8. The molecule has 22 heavy (non-hydrogen) atoms. The van der Waals surface area contributed by atoms with Gasteiger partial charge >= 0.3 is 0 Å². The van der Waals surface area contributed by atoms with Crippen molar-refractivity contribution >= 4 is 10.8 Å². The minimum Gasteiger partial charge on any atom is -0.255 e. The molecule has 0 bridgehead atoms. The number of rotatable bonds is 2. The predicted octanol–water partition coefficient (Wildman–Crippen LogP) is 5.87. The molecule has 110 valence electrons. The molecule has 1 fully saturated rings. The second-order valence-corrected chi connectivity index (χ2v) is 6.44. The van der Waals surface area contributed by atoms with Gasteiger partial charge in [0.15, 0.2) is 0 Å². The highest BCUT2D eigenvalue weighted by Gasteiger charge is 2.18.